The van der Waals surface area contributed by atoms with E-state index in [1.807, 2.05) is 18.2 Å². The average Bonchev–Trinajstić information content (AvgIpc) is 2.63. The van der Waals surface area contributed by atoms with E-state index in [1.54, 1.807) is 13.2 Å². The summed E-state index contributed by atoms with van der Waals surface area (Å²) in [5, 5.41) is 20.5. The van der Waals surface area contributed by atoms with Gasteiger partial charge in [-0.25, -0.2) is 0 Å². The highest BCUT2D eigenvalue weighted by molar-refractivity contribution is 5.57. The van der Waals surface area contributed by atoms with Crippen molar-refractivity contribution in [1.82, 2.24) is 0 Å². The van der Waals surface area contributed by atoms with Gasteiger partial charge in [0.15, 0.2) is 23.0 Å². The predicted octanol–water partition coefficient (Wildman–Crippen LogP) is 4.08. The van der Waals surface area contributed by atoms with Crippen LogP contribution in [-0.4, -0.2) is 31.5 Å². The van der Waals surface area contributed by atoms with Gasteiger partial charge in [0.2, 0.25) is 5.75 Å². The molecule has 0 unspecified atom stereocenters. The zero-order valence-corrected chi connectivity index (χ0v) is 15.9. The Morgan fingerprint density at radius 3 is 1.96 bits per heavy atom. The number of benzene rings is 2. The third kappa shape index (κ3) is 2.91. The fraction of sp³-hybridized carbons (Fsp3) is 0.429. The van der Waals surface area contributed by atoms with Crippen LogP contribution in [0.4, 0.5) is 0 Å². The van der Waals surface area contributed by atoms with Crippen molar-refractivity contribution in [3.05, 3.63) is 41.0 Å². The third-order valence-electron chi connectivity index (χ3n) is 5.60. The second-order valence-electron chi connectivity index (χ2n) is 7.02. The Labute approximate surface area is 154 Å². The van der Waals surface area contributed by atoms with E-state index in [0.29, 0.717) is 29.1 Å². The molecule has 1 aliphatic carbocycles. The molecule has 2 aromatic rings. The molecule has 0 saturated carbocycles. The molecule has 26 heavy (non-hydrogen) atoms. The quantitative estimate of drug-likeness (QED) is 0.862. The van der Waals surface area contributed by atoms with Gasteiger partial charge in [-0.1, -0.05) is 13.8 Å². The van der Waals surface area contributed by atoms with Crippen LogP contribution in [0.2, 0.25) is 0 Å². The maximum Gasteiger partial charge on any atom is 0.200 e. The lowest BCUT2D eigenvalue weighted by Crippen LogP contribution is -2.26. The Morgan fingerprint density at radius 1 is 0.846 bits per heavy atom. The zero-order valence-electron chi connectivity index (χ0n) is 15.9. The summed E-state index contributed by atoms with van der Waals surface area (Å²) in [5.41, 5.74) is 3.23. The summed E-state index contributed by atoms with van der Waals surface area (Å²) in [6.07, 6.45) is 0.927. The summed E-state index contributed by atoms with van der Waals surface area (Å²) < 4.78 is 15.9. The number of phenolic OH excluding ortho intramolecular Hbond substituents is 2. The van der Waals surface area contributed by atoms with Crippen LogP contribution in [0.1, 0.15) is 36.5 Å². The highest BCUT2D eigenvalue weighted by atomic mass is 16.5. The van der Waals surface area contributed by atoms with Crippen molar-refractivity contribution in [2.75, 3.05) is 21.3 Å². The van der Waals surface area contributed by atoms with Crippen molar-refractivity contribution >= 4 is 0 Å². The SMILES string of the molecule is COc1cc2c(cc1O)[C@H](c1cc(OC)c(O)c(OC)c1)[C@@H](C)[C@H](C)C2. The van der Waals surface area contributed by atoms with Gasteiger partial charge in [-0.05, 0) is 59.2 Å². The van der Waals surface area contributed by atoms with Crippen LogP contribution in [0.5, 0.6) is 28.7 Å². The van der Waals surface area contributed by atoms with E-state index in [0.717, 1.165) is 17.5 Å². The number of aromatic hydroxyl groups is 2. The molecule has 1 aliphatic rings. The molecule has 5 nitrogen and oxygen atoms in total. The average molecular weight is 358 g/mol. The van der Waals surface area contributed by atoms with Crippen LogP contribution in [0.25, 0.3) is 0 Å². The first-order chi connectivity index (χ1) is 12.4. The summed E-state index contributed by atoms with van der Waals surface area (Å²) in [4.78, 5) is 0. The molecule has 5 heteroatoms. The van der Waals surface area contributed by atoms with Crippen LogP contribution >= 0.6 is 0 Å². The van der Waals surface area contributed by atoms with Gasteiger partial charge < -0.3 is 24.4 Å². The number of methoxy groups -OCH3 is 3. The summed E-state index contributed by atoms with van der Waals surface area (Å²) in [7, 11) is 4.61. The lowest BCUT2D eigenvalue weighted by atomic mass is 9.68. The number of ether oxygens (including phenoxy) is 3. The number of hydrogen-bond donors (Lipinski definition) is 2. The van der Waals surface area contributed by atoms with Crippen LogP contribution < -0.4 is 14.2 Å². The molecule has 3 rings (SSSR count). The molecule has 0 bridgehead atoms. The maximum absolute atomic E-state index is 10.3. The number of rotatable bonds is 4. The smallest absolute Gasteiger partial charge is 0.200 e. The Hall–Kier alpha value is -2.56. The minimum absolute atomic E-state index is 0.00642. The van der Waals surface area contributed by atoms with E-state index < -0.39 is 0 Å². The molecule has 0 radical (unpaired) electrons. The van der Waals surface area contributed by atoms with Gasteiger partial charge in [0.1, 0.15) is 0 Å². The molecule has 2 N–H and O–H groups in total. The minimum atomic E-state index is -0.00642. The van der Waals surface area contributed by atoms with E-state index in [9.17, 15) is 10.2 Å². The molecule has 0 aliphatic heterocycles. The van der Waals surface area contributed by atoms with Gasteiger partial charge in [-0.2, -0.15) is 0 Å². The van der Waals surface area contributed by atoms with E-state index in [1.165, 1.54) is 19.8 Å². The molecule has 2 aromatic carbocycles. The Kier molecular flexibility index (Phi) is 4.90. The maximum atomic E-state index is 10.3. The van der Waals surface area contributed by atoms with Crippen LogP contribution in [0.3, 0.4) is 0 Å². The molecule has 0 aromatic heterocycles. The van der Waals surface area contributed by atoms with Crippen molar-refractivity contribution in [1.29, 1.82) is 0 Å². The van der Waals surface area contributed by atoms with Gasteiger partial charge in [-0.3, -0.25) is 0 Å². The Balaban J connectivity index is 2.20. The molecule has 0 saturated heterocycles. The lowest BCUT2D eigenvalue weighted by molar-refractivity contribution is 0.315. The van der Waals surface area contributed by atoms with Gasteiger partial charge >= 0.3 is 0 Å². The number of fused-ring (bicyclic) bond motifs is 1. The van der Waals surface area contributed by atoms with Crippen molar-refractivity contribution in [3.8, 4) is 28.7 Å². The van der Waals surface area contributed by atoms with Gasteiger partial charge in [0.25, 0.3) is 0 Å². The predicted molar refractivity (Wildman–Crippen MR) is 99.7 cm³/mol. The van der Waals surface area contributed by atoms with Crippen molar-refractivity contribution in [2.45, 2.75) is 26.2 Å². The van der Waals surface area contributed by atoms with Gasteiger partial charge in [0, 0.05) is 5.92 Å². The number of phenols is 2. The van der Waals surface area contributed by atoms with Crippen molar-refractivity contribution < 1.29 is 24.4 Å². The second-order valence-corrected chi connectivity index (χ2v) is 7.02. The van der Waals surface area contributed by atoms with Gasteiger partial charge in [0.05, 0.1) is 21.3 Å². The molecule has 0 heterocycles. The Morgan fingerprint density at radius 2 is 1.42 bits per heavy atom. The molecule has 3 atom stereocenters. The fourth-order valence-electron chi connectivity index (χ4n) is 3.98. The summed E-state index contributed by atoms with van der Waals surface area (Å²) in [6, 6.07) is 7.42. The summed E-state index contributed by atoms with van der Waals surface area (Å²) in [6.45, 7) is 4.44. The van der Waals surface area contributed by atoms with Crippen molar-refractivity contribution in [2.24, 2.45) is 11.8 Å². The monoisotopic (exact) mass is 358 g/mol. The molecule has 0 amide bonds. The zero-order chi connectivity index (χ0) is 19.0. The molecule has 0 fully saturated rings. The van der Waals surface area contributed by atoms with Crippen LogP contribution in [0, 0.1) is 11.8 Å². The number of hydrogen-bond acceptors (Lipinski definition) is 5. The topological polar surface area (TPSA) is 68.2 Å². The molecule has 140 valence electrons. The van der Waals surface area contributed by atoms with Crippen LogP contribution in [0.15, 0.2) is 24.3 Å². The molecular formula is C21H26O5. The van der Waals surface area contributed by atoms with Crippen LogP contribution in [-0.2, 0) is 6.42 Å². The first-order valence-electron chi connectivity index (χ1n) is 8.75. The molecular weight excluding hydrogens is 332 g/mol. The summed E-state index contributed by atoms with van der Waals surface area (Å²) in [5.74, 6) is 2.22. The van der Waals surface area contributed by atoms with E-state index in [2.05, 4.69) is 13.8 Å². The van der Waals surface area contributed by atoms with E-state index >= 15 is 0 Å². The largest absolute Gasteiger partial charge is 0.504 e. The van der Waals surface area contributed by atoms with E-state index in [-0.39, 0.29) is 17.4 Å². The van der Waals surface area contributed by atoms with Crippen molar-refractivity contribution in [3.63, 3.8) is 0 Å². The summed E-state index contributed by atoms with van der Waals surface area (Å²) >= 11 is 0. The third-order valence-corrected chi connectivity index (χ3v) is 5.60. The first-order valence-corrected chi connectivity index (χ1v) is 8.75. The minimum Gasteiger partial charge on any atom is -0.504 e. The second kappa shape index (κ2) is 6.98. The van der Waals surface area contributed by atoms with Gasteiger partial charge in [-0.15, -0.1) is 0 Å². The molecule has 0 spiro atoms. The highest BCUT2D eigenvalue weighted by Crippen LogP contribution is 2.49. The normalized spacial score (nSPS) is 21.8. The standard InChI is InChI=1S/C21H26O5/c1-11-6-13-7-17(24-3)16(22)10-15(13)20(12(11)2)14-8-18(25-4)21(23)19(9-14)26-5/h7-12,20,22-23H,6H2,1-5H3/t11-,12+,20+/m1/s1. The van der Waals surface area contributed by atoms with E-state index in [4.69, 9.17) is 14.2 Å². The Bertz CT molecular complexity index is 789. The highest BCUT2D eigenvalue weighted by Gasteiger charge is 2.34. The fourth-order valence-corrected chi connectivity index (χ4v) is 3.98. The lowest BCUT2D eigenvalue weighted by Gasteiger charge is -2.37. The first kappa shape index (κ1) is 18.2.